The second-order valence-electron chi connectivity index (χ2n) is 2.71. The number of allylic oxidation sites excluding steroid dienone is 2. The highest BCUT2D eigenvalue weighted by Gasteiger charge is 1.99. The van der Waals surface area contributed by atoms with E-state index in [1.54, 1.807) is 6.92 Å². The van der Waals surface area contributed by atoms with E-state index < -0.39 is 0 Å². The average Bonchev–Trinajstić information content (AvgIpc) is 2.21. The molecule has 0 amide bonds. The maximum absolute atomic E-state index is 8.60. The predicted octanol–water partition coefficient (Wildman–Crippen LogP) is 2.42. The van der Waals surface area contributed by atoms with Crippen LogP contribution in [-0.4, -0.2) is 0 Å². The fourth-order valence-electron chi connectivity index (χ4n) is 0.993. The highest BCUT2D eigenvalue weighted by atomic mass is 14.9. The molecule has 1 aromatic carbocycles. The van der Waals surface area contributed by atoms with E-state index in [9.17, 15) is 0 Å². The largest absolute Gasteiger partial charge is 0.357 e. The molecule has 0 bridgehead atoms. The molecule has 0 atom stereocenters. The van der Waals surface area contributed by atoms with Crippen molar-refractivity contribution in [2.45, 2.75) is 6.92 Å². The summed E-state index contributed by atoms with van der Waals surface area (Å²) in [5.41, 5.74) is 1.54. The van der Waals surface area contributed by atoms with E-state index in [0.29, 0.717) is 5.70 Å². The summed E-state index contributed by atoms with van der Waals surface area (Å²) in [5, 5.41) is 20.2. The zero-order valence-corrected chi connectivity index (χ0v) is 7.78. The van der Waals surface area contributed by atoms with Crippen molar-refractivity contribution in [3.8, 4) is 12.1 Å². The Kier molecular flexibility index (Phi) is 3.29. The van der Waals surface area contributed by atoms with Crippen molar-refractivity contribution in [3.05, 3.63) is 41.6 Å². The molecule has 1 aromatic rings. The minimum absolute atomic E-state index is 0.105. The van der Waals surface area contributed by atoms with Gasteiger partial charge in [0.25, 0.3) is 0 Å². The third-order valence-corrected chi connectivity index (χ3v) is 1.70. The van der Waals surface area contributed by atoms with Gasteiger partial charge in [-0.1, -0.05) is 18.2 Å². The smallest absolute Gasteiger partial charge is 0.148 e. The van der Waals surface area contributed by atoms with Crippen LogP contribution in [0.2, 0.25) is 0 Å². The Balaban J connectivity index is 2.87. The summed E-state index contributed by atoms with van der Waals surface area (Å²) in [6.45, 7) is 1.70. The molecule has 3 nitrogen and oxygen atoms in total. The molecule has 68 valence electrons. The molecule has 0 saturated carbocycles. The lowest BCUT2D eigenvalue weighted by Gasteiger charge is -2.05. The van der Waals surface area contributed by atoms with Crippen LogP contribution >= 0.6 is 0 Å². The highest BCUT2D eigenvalue weighted by Crippen LogP contribution is 2.10. The summed E-state index contributed by atoms with van der Waals surface area (Å²) in [6.07, 6.45) is 0. The number of rotatable bonds is 2. The summed E-state index contributed by atoms with van der Waals surface area (Å²) in [7, 11) is 0. The quantitative estimate of drug-likeness (QED) is 0.716. The number of para-hydroxylation sites is 1. The van der Waals surface area contributed by atoms with Gasteiger partial charge in [-0.2, -0.15) is 10.5 Å². The molecule has 0 heterocycles. The van der Waals surface area contributed by atoms with E-state index in [-0.39, 0.29) is 5.57 Å². The van der Waals surface area contributed by atoms with Crippen molar-refractivity contribution in [3.63, 3.8) is 0 Å². The second kappa shape index (κ2) is 4.69. The van der Waals surface area contributed by atoms with E-state index in [4.69, 9.17) is 10.5 Å². The molecule has 0 aliphatic rings. The normalized spacial score (nSPS) is 8.21. The van der Waals surface area contributed by atoms with Crippen molar-refractivity contribution >= 4 is 5.69 Å². The topological polar surface area (TPSA) is 59.6 Å². The molecular weight excluding hydrogens is 174 g/mol. The molecule has 1 N–H and O–H groups in total. The summed E-state index contributed by atoms with van der Waals surface area (Å²) >= 11 is 0. The van der Waals surface area contributed by atoms with Crippen LogP contribution < -0.4 is 5.32 Å². The fraction of sp³-hybridized carbons (Fsp3) is 0.0909. The number of nitriles is 2. The third-order valence-electron chi connectivity index (χ3n) is 1.70. The monoisotopic (exact) mass is 183 g/mol. The van der Waals surface area contributed by atoms with Gasteiger partial charge in [0.2, 0.25) is 0 Å². The van der Waals surface area contributed by atoms with Crippen LogP contribution in [0.3, 0.4) is 0 Å². The summed E-state index contributed by atoms with van der Waals surface area (Å²) in [4.78, 5) is 0. The van der Waals surface area contributed by atoms with Gasteiger partial charge in [-0.25, -0.2) is 0 Å². The van der Waals surface area contributed by atoms with Crippen molar-refractivity contribution < 1.29 is 0 Å². The standard InChI is InChI=1S/C11H9N3/c1-9(10(7-12)8-13)14-11-5-3-2-4-6-11/h2-6,14H,1H3. The van der Waals surface area contributed by atoms with Crippen molar-refractivity contribution in [1.29, 1.82) is 10.5 Å². The first kappa shape index (κ1) is 9.83. The molecule has 0 aliphatic carbocycles. The maximum Gasteiger partial charge on any atom is 0.148 e. The van der Waals surface area contributed by atoms with Gasteiger partial charge < -0.3 is 5.32 Å². The molecule has 14 heavy (non-hydrogen) atoms. The van der Waals surface area contributed by atoms with Gasteiger partial charge in [0.05, 0.1) is 0 Å². The van der Waals surface area contributed by atoms with Gasteiger partial charge >= 0.3 is 0 Å². The average molecular weight is 183 g/mol. The Morgan fingerprint density at radius 1 is 1.14 bits per heavy atom. The molecule has 0 fully saturated rings. The van der Waals surface area contributed by atoms with Crippen molar-refractivity contribution in [1.82, 2.24) is 0 Å². The molecule has 0 unspecified atom stereocenters. The first-order valence-electron chi connectivity index (χ1n) is 4.11. The van der Waals surface area contributed by atoms with E-state index in [0.717, 1.165) is 5.69 Å². The van der Waals surface area contributed by atoms with Crippen molar-refractivity contribution in [2.75, 3.05) is 5.32 Å². The lowest BCUT2D eigenvalue weighted by atomic mass is 10.2. The fourth-order valence-corrected chi connectivity index (χ4v) is 0.993. The Morgan fingerprint density at radius 3 is 2.21 bits per heavy atom. The van der Waals surface area contributed by atoms with E-state index in [2.05, 4.69) is 5.32 Å². The summed E-state index contributed by atoms with van der Waals surface area (Å²) in [6, 6.07) is 13.1. The van der Waals surface area contributed by atoms with Gasteiger partial charge in [0, 0.05) is 11.4 Å². The van der Waals surface area contributed by atoms with Crippen LogP contribution in [0.5, 0.6) is 0 Å². The molecule has 0 radical (unpaired) electrons. The van der Waals surface area contributed by atoms with Gasteiger partial charge in [-0.15, -0.1) is 0 Å². The molecule has 0 spiro atoms. The summed E-state index contributed by atoms with van der Waals surface area (Å²) in [5.74, 6) is 0. The van der Waals surface area contributed by atoms with E-state index in [1.165, 1.54) is 0 Å². The minimum atomic E-state index is 0.105. The molecule has 0 saturated heterocycles. The molecular formula is C11H9N3. The lowest BCUT2D eigenvalue weighted by Crippen LogP contribution is -1.98. The SMILES string of the molecule is CC(Nc1ccccc1)=C(C#N)C#N. The first-order chi connectivity index (χ1) is 6.77. The van der Waals surface area contributed by atoms with E-state index in [1.807, 2.05) is 42.5 Å². The molecule has 0 aliphatic heterocycles. The number of hydrogen-bond acceptors (Lipinski definition) is 3. The molecule has 1 rings (SSSR count). The van der Waals surface area contributed by atoms with Gasteiger partial charge in [-0.05, 0) is 19.1 Å². The Morgan fingerprint density at radius 2 is 1.71 bits per heavy atom. The number of anilines is 1. The first-order valence-corrected chi connectivity index (χ1v) is 4.11. The Bertz CT molecular complexity index is 402. The van der Waals surface area contributed by atoms with Crippen LogP contribution in [0.15, 0.2) is 41.6 Å². The Hall–Kier alpha value is -2.26. The van der Waals surface area contributed by atoms with Crippen LogP contribution in [0.25, 0.3) is 0 Å². The Labute approximate surface area is 82.9 Å². The van der Waals surface area contributed by atoms with E-state index >= 15 is 0 Å². The highest BCUT2D eigenvalue weighted by molar-refractivity contribution is 5.52. The zero-order chi connectivity index (χ0) is 10.4. The summed E-state index contributed by atoms with van der Waals surface area (Å²) < 4.78 is 0. The number of hydrogen-bond donors (Lipinski definition) is 1. The minimum Gasteiger partial charge on any atom is -0.357 e. The van der Waals surface area contributed by atoms with Crippen LogP contribution in [-0.2, 0) is 0 Å². The maximum atomic E-state index is 8.60. The predicted molar refractivity (Wildman–Crippen MR) is 54.0 cm³/mol. The molecule has 0 aromatic heterocycles. The van der Waals surface area contributed by atoms with Crippen molar-refractivity contribution in [2.24, 2.45) is 0 Å². The zero-order valence-electron chi connectivity index (χ0n) is 7.78. The van der Waals surface area contributed by atoms with Gasteiger partial charge in [0.15, 0.2) is 0 Å². The van der Waals surface area contributed by atoms with Crippen LogP contribution in [0, 0.1) is 22.7 Å². The third kappa shape index (κ3) is 2.36. The molecule has 3 heteroatoms. The van der Waals surface area contributed by atoms with Gasteiger partial charge in [0.1, 0.15) is 17.7 Å². The van der Waals surface area contributed by atoms with Gasteiger partial charge in [-0.3, -0.25) is 0 Å². The van der Waals surface area contributed by atoms with Crippen LogP contribution in [0.4, 0.5) is 5.69 Å². The number of benzene rings is 1. The lowest BCUT2D eigenvalue weighted by molar-refractivity contribution is 1.32. The van der Waals surface area contributed by atoms with Crippen LogP contribution in [0.1, 0.15) is 6.92 Å². The number of nitrogens with zero attached hydrogens (tertiary/aromatic N) is 2. The number of nitrogens with one attached hydrogen (secondary N) is 1. The second-order valence-corrected chi connectivity index (χ2v) is 2.71.